The number of para-hydroxylation sites is 4. The van der Waals surface area contributed by atoms with E-state index in [2.05, 4.69) is 375 Å². The Morgan fingerprint density at radius 1 is 0.269 bits per heavy atom. The quantitative estimate of drug-likeness (QED) is 0.123. The summed E-state index contributed by atoms with van der Waals surface area (Å²) in [5.41, 5.74) is 27.6. The lowest BCUT2D eigenvalue weighted by molar-refractivity contribution is 0.417. The molecule has 5 heterocycles. The number of ether oxygens (including phenoxy) is 2. The van der Waals surface area contributed by atoms with Gasteiger partial charge in [0.2, 0.25) is 0 Å². The van der Waals surface area contributed by atoms with E-state index in [0.29, 0.717) is 0 Å². The molecule has 530 valence electrons. The SMILES string of the molecule is CC(C)(C)c1cc(-c2ccc3c(ccc4nc5ccc6cc(-c7cc(C(C)(C)C)cc8c7Oc7c(-c9ccc%10c(c9)c9ccccc9n%10-c9ccccc9)cc(C(C)(C)C)cc7C8(C)C)ccc6c5nc43)c2)c2c(c1)C(C)(C)c1cc(C(C)(C)C)cc(-c3ccc4c(c3)c3ccccc3n4-c3ccccc3)c1O2. The lowest BCUT2D eigenvalue weighted by Crippen LogP contribution is -2.27. The number of fused-ring (bicyclic) bond motifs is 16. The molecule has 0 saturated carbocycles. The first-order valence-electron chi connectivity index (χ1n) is 38.4. The van der Waals surface area contributed by atoms with Gasteiger partial charge in [0, 0.05) is 99.0 Å². The Morgan fingerprint density at radius 3 is 0.917 bits per heavy atom. The molecule has 0 amide bonds. The van der Waals surface area contributed by atoms with Crippen LogP contribution in [0.3, 0.4) is 0 Å². The fraction of sp³-hybridized carbons (Fsp3) is 0.216. The van der Waals surface area contributed by atoms with Crippen LogP contribution in [0.2, 0.25) is 0 Å². The van der Waals surface area contributed by atoms with Gasteiger partial charge in [0.1, 0.15) is 23.0 Å². The molecule has 0 N–H and O–H groups in total. The van der Waals surface area contributed by atoms with Crippen molar-refractivity contribution < 1.29 is 9.47 Å². The van der Waals surface area contributed by atoms with Crippen LogP contribution in [0.25, 0.3) is 143 Å². The van der Waals surface area contributed by atoms with E-state index in [1.807, 2.05) is 0 Å². The molecule has 19 rings (SSSR count). The highest BCUT2D eigenvalue weighted by atomic mass is 16.5. The minimum absolute atomic E-state index is 0.132. The van der Waals surface area contributed by atoms with Gasteiger partial charge in [0.25, 0.3) is 0 Å². The summed E-state index contributed by atoms with van der Waals surface area (Å²) >= 11 is 0. The van der Waals surface area contributed by atoms with Crippen LogP contribution in [0.15, 0.2) is 255 Å². The first-order chi connectivity index (χ1) is 51.5. The van der Waals surface area contributed by atoms with Crippen molar-refractivity contribution in [3.8, 4) is 78.9 Å². The van der Waals surface area contributed by atoms with E-state index in [9.17, 15) is 0 Å². The van der Waals surface area contributed by atoms with Gasteiger partial charge in [-0.2, -0.15) is 0 Å². The second-order valence-corrected chi connectivity index (χ2v) is 35.9. The number of hydrogen-bond acceptors (Lipinski definition) is 4. The van der Waals surface area contributed by atoms with Crippen molar-refractivity contribution in [2.24, 2.45) is 0 Å². The zero-order valence-corrected chi connectivity index (χ0v) is 64.9. The number of hydrogen-bond donors (Lipinski definition) is 0. The van der Waals surface area contributed by atoms with Gasteiger partial charge in [-0.15, -0.1) is 0 Å². The minimum atomic E-state index is -0.436. The average molecular weight is 1400 g/mol. The first kappa shape index (κ1) is 67.0. The topological polar surface area (TPSA) is 54.1 Å². The highest BCUT2D eigenvalue weighted by molar-refractivity contribution is 6.14. The van der Waals surface area contributed by atoms with Gasteiger partial charge in [-0.3, -0.25) is 0 Å². The summed E-state index contributed by atoms with van der Waals surface area (Å²) in [5, 5.41) is 9.12. The maximum Gasteiger partial charge on any atom is 0.139 e. The Kier molecular flexibility index (Phi) is 14.6. The maximum absolute atomic E-state index is 7.71. The van der Waals surface area contributed by atoms with Crippen molar-refractivity contribution in [3.05, 3.63) is 299 Å². The molecule has 3 aromatic heterocycles. The molecule has 0 radical (unpaired) electrons. The molecule has 14 aromatic carbocycles. The normalized spacial score (nSPS) is 14.2. The monoisotopic (exact) mass is 1400 g/mol. The predicted molar refractivity (Wildman–Crippen MR) is 455 cm³/mol. The van der Waals surface area contributed by atoms with Crippen LogP contribution in [-0.2, 0) is 32.5 Å². The molecule has 17 aromatic rings. The highest BCUT2D eigenvalue weighted by Crippen LogP contribution is 2.59. The predicted octanol–water partition coefficient (Wildman–Crippen LogP) is 28.0. The third-order valence-electron chi connectivity index (χ3n) is 23.9. The van der Waals surface area contributed by atoms with Crippen molar-refractivity contribution in [1.29, 1.82) is 0 Å². The number of rotatable bonds is 6. The summed E-state index contributed by atoms with van der Waals surface area (Å²) in [6, 6.07) is 94.8. The van der Waals surface area contributed by atoms with E-state index >= 15 is 0 Å². The second-order valence-electron chi connectivity index (χ2n) is 35.9. The fourth-order valence-corrected chi connectivity index (χ4v) is 17.5. The molecule has 0 bridgehead atoms. The van der Waals surface area contributed by atoms with Gasteiger partial charge in [0.15, 0.2) is 0 Å². The van der Waals surface area contributed by atoms with E-state index in [0.717, 1.165) is 122 Å². The van der Waals surface area contributed by atoms with Crippen LogP contribution in [0.5, 0.6) is 23.0 Å². The van der Waals surface area contributed by atoms with Crippen molar-refractivity contribution in [2.45, 2.75) is 143 Å². The number of benzene rings is 14. The van der Waals surface area contributed by atoms with Gasteiger partial charge >= 0.3 is 0 Å². The van der Waals surface area contributed by atoms with Crippen LogP contribution in [-0.4, -0.2) is 19.1 Å². The summed E-state index contributed by atoms with van der Waals surface area (Å²) < 4.78 is 20.2. The zero-order chi connectivity index (χ0) is 74.6. The lowest BCUT2D eigenvalue weighted by atomic mass is 9.70. The third kappa shape index (κ3) is 10.5. The molecule has 0 atom stereocenters. The van der Waals surface area contributed by atoms with E-state index < -0.39 is 10.8 Å². The Bertz CT molecular complexity index is 6290. The third-order valence-corrected chi connectivity index (χ3v) is 23.9. The van der Waals surface area contributed by atoms with Crippen LogP contribution in [0.1, 0.15) is 155 Å². The smallest absolute Gasteiger partial charge is 0.139 e. The highest BCUT2D eigenvalue weighted by Gasteiger charge is 2.42. The molecule has 108 heavy (non-hydrogen) atoms. The van der Waals surface area contributed by atoms with Crippen molar-refractivity contribution >= 4 is 87.2 Å². The molecule has 0 saturated heterocycles. The van der Waals surface area contributed by atoms with Crippen LogP contribution >= 0.6 is 0 Å². The molecule has 0 unspecified atom stereocenters. The maximum atomic E-state index is 7.71. The van der Waals surface area contributed by atoms with Gasteiger partial charge in [-0.1, -0.05) is 256 Å². The van der Waals surface area contributed by atoms with E-state index in [1.165, 1.54) is 88.1 Å². The van der Waals surface area contributed by atoms with Crippen LogP contribution < -0.4 is 9.47 Å². The molecule has 0 fully saturated rings. The van der Waals surface area contributed by atoms with E-state index in [4.69, 9.17) is 19.4 Å². The van der Waals surface area contributed by atoms with E-state index in [1.54, 1.807) is 0 Å². The Labute approximate surface area is 633 Å². The standard InChI is InChI=1S/C102H90N4O2/c1-97(2,3)65-51-75(93-81(55-65)101(13,14)83-57-67(99(7,8)9)53-77(95(83)107-93)63-39-45-89-79(49-63)73-31-23-25-33-87(73)105(89)69-27-19-17-20-28-69)61-35-41-71-59(47-61)37-43-85-91(71)104-92-72-42-36-62(48-60(72)38-44-86(92)103-85)76-52-66(98(4,5)6)56-82-94(76)108-96-78(54-68(100(10,11)12)58-84(96)102(82,15)16)64-40-46-90-80(50-64)74-32-24-26-34-88(74)106(90)70-29-21-18-22-30-70/h17-58H,1-16H3. The Balaban J connectivity index is 0.724. The first-order valence-corrected chi connectivity index (χ1v) is 38.4. The molecule has 6 heteroatoms. The van der Waals surface area contributed by atoms with E-state index in [-0.39, 0.29) is 21.7 Å². The molecule has 0 aliphatic carbocycles. The Hall–Kier alpha value is -11.6. The average Bonchev–Trinajstić information content (AvgIpc) is 0.909. The largest absolute Gasteiger partial charge is 0.455 e. The van der Waals surface area contributed by atoms with Crippen LogP contribution in [0.4, 0.5) is 0 Å². The van der Waals surface area contributed by atoms with Gasteiger partial charge < -0.3 is 18.6 Å². The summed E-state index contributed by atoms with van der Waals surface area (Å²) in [6.45, 7) is 37.5. The fourth-order valence-electron chi connectivity index (χ4n) is 17.5. The summed E-state index contributed by atoms with van der Waals surface area (Å²) in [7, 11) is 0. The molecule has 6 nitrogen and oxygen atoms in total. The summed E-state index contributed by atoms with van der Waals surface area (Å²) in [4.78, 5) is 11.1. The molecular weight excluding hydrogens is 1310 g/mol. The van der Waals surface area contributed by atoms with Gasteiger partial charge in [0.05, 0.1) is 44.1 Å². The van der Waals surface area contributed by atoms with Crippen LogP contribution in [0, 0.1) is 0 Å². The Morgan fingerprint density at radius 2 is 0.574 bits per heavy atom. The molecular formula is C102H90N4O2. The molecule has 0 spiro atoms. The van der Waals surface area contributed by atoms with Gasteiger partial charge in [-0.05, 0) is 186 Å². The molecule has 2 aliphatic heterocycles. The second kappa shape index (κ2) is 23.5. The van der Waals surface area contributed by atoms with Crippen molar-refractivity contribution in [2.75, 3.05) is 0 Å². The number of nitrogens with zero attached hydrogens (tertiary/aromatic N) is 4. The number of aromatic nitrogens is 4. The van der Waals surface area contributed by atoms with Crippen molar-refractivity contribution in [3.63, 3.8) is 0 Å². The van der Waals surface area contributed by atoms with Gasteiger partial charge in [-0.25, -0.2) is 9.97 Å². The molecule has 2 aliphatic rings. The summed E-state index contributed by atoms with van der Waals surface area (Å²) in [6.07, 6.45) is 0. The zero-order valence-electron chi connectivity index (χ0n) is 64.9. The lowest BCUT2D eigenvalue weighted by Gasteiger charge is -2.39. The minimum Gasteiger partial charge on any atom is -0.455 e. The van der Waals surface area contributed by atoms with Crippen molar-refractivity contribution in [1.82, 2.24) is 19.1 Å². The summed E-state index contributed by atoms with van der Waals surface area (Å²) in [5.74, 6) is 3.60.